The minimum atomic E-state index is -4.65. The molecule has 1 fully saturated rings. The molecule has 2 heterocycles. The molecular formula is C23H25F3N4O3. The maximum absolute atomic E-state index is 13.3. The number of unbranched alkanes of at least 4 members (excludes halogenated alkanes) is 1. The van der Waals surface area contributed by atoms with Gasteiger partial charge >= 0.3 is 12.1 Å². The van der Waals surface area contributed by atoms with Gasteiger partial charge in [0.2, 0.25) is 0 Å². The molecule has 0 atom stereocenters. The number of alkyl halides is 3. The maximum Gasteiger partial charge on any atom is 0.435 e. The van der Waals surface area contributed by atoms with Crippen LogP contribution in [0, 0.1) is 6.92 Å². The molecule has 10 heteroatoms. The number of esters is 1. The van der Waals surface area contributed by atoms with Crippen molar-refractivity contribution in [3.8, 4) is 11.6 Å². The Hall–Kier alpha value is -3.17. The molecule has 4 rings (SSSR count). The van der Waals surface area contributed by atoms with Crippen molar-refractivity contribution in [1.29, 1.82) is 0 Å². The smallest absolute Gasteiger partial charge is 0.435 e. The molecule has 1 aliphatic carbocycles. The van der Waals surface area contributed by atoms with Crippen LogP contribution < -0.4 is 0 Å². The fraction of sp³-hybridized carbons (Fsp3) is 0.478. The molecular weight excluding hydrogens is 437 g/mol. The molecule has 33 heavy (non-hydrogen) atoms. The number of aromatic nitrogens is 4. The fourth-order valence-corrected chi connectivity index (χ4v) is 3.87. The summed E-state index contributed by atoms with van der Waals surface area (Å²) < 4.78 is 51.6. The number of ether oxygens (including phenoxy) is 1. The van der Waals surface area contributed by atoms with Crippen molar-refractivity contribution in [2.24, 2.45) is 0 Å². The van der Waals surface area contributed by atoms with Gasteiger partial charge in [0.25, 0.3) is 5.89 Å². The van der Waals surface area contributed by atoms with Crippen molar-refractivity contribution < 1.29 is 27.2 Å². The summed E-state index contributed by atoms with van der Waals surface area (Å²) in [5.74, 6) is -0.125. The predicted octanol–water partition coefficient (Wildman–Crippen LogP) is 5.07. The SMILES string of the molecule is CCCCOC(=O)CCn1nc(C(F)(F)F)cc1-c1nc(C2(c3ccccc3C)CC2)no1. The molecule has 0 bridgehead atoms. The molecule has 0 amide bonds. The van der Waals surface area contributed by atoms with Gasteiger partial charge in [0.1, 0.15) is 5.69 Å². The number of hydrogen-bond acceptors (Lipinski definition) is 6. The van der Waals surface area contributed by atoms with Gasteiger partial charge in [0.15, 0.2) is 11.5 Å². The first kappa shape index (κ1) is 23.0. The van der Waals surface area contributed by atoms with E-state index in [1.54, 1.807) is 0 Å². The van der Waals surface area contributed by atoms with Gasteiger partial charge in [-0.3, -0.25) is 9.48 Å². The van der Waals surface area contributed by atoms with Crippen molar-refractivity contribution in [3.05, 3.63) is 53.0 Å². The topological polar surface area (TPSA) is 83.0 Å². The Morgan fingerprint density at radius 3 is 2.70 bits per heavy atom. The van der Waals surface area contributed by atoms with Gasteiger partial charge in [-0.15, -0.1) is 0 Å². The third-order valence-electron chi connectivity index (χ3n) is 5.84. The molecule has 0 N–H and O–H groups in total. The van der Waals surface area contributed by atoms with E-state index >= 15 is 0 Å². The summed E-state index contributed by atoms with van der Waals surface area (Å²) in [4.78, 5) is 16.4. The van der Waals surface area contributed by atoms with Crippen molar-refractivity contribution in [2.45, 2.75) is 64.1 Å². The number of nitrogens with zero attached hydrogens (tertiary/aromatic N) is 4. The molecule has 3 aromatic rings. The molecule has 0 radical (unpaired) electrons. The van der Waals surface area contributed by atoms with E-state index in [0.29, 0.717) is 5.82 Å². The zero-order valence-corrected chi connectivity index (χ0v) is 18.5. The standard InChI is InChI=1S/C23H25F3N4O3/c1-3-4-13-32-19(31)9-12-30-17(14-18(28-30)23(24,25)26)20-27-21(29-33-20)22(10-11-22)16-8-6-5-7-15(16)2/h5-8,14H,3-4,9-13H2,1-2H3. The van der Waals surface area contributed by atoms with Crippen LogP contribution in [0.4, 0.5) is 13.2 Å². The minimum absolute atomic E-state index is 0.0167. The van der Waals surface area contributed by atoms with Gasteiger partial charge in [-0.25, -0.2) is 0 Å². The first-order chi connectivity index (χ1) is 15.7. The fourth-order valence-electron chi connectivity index (χ4n) is 3.87. The number of benzene rings is 1. The lowest BCUT2D eigenvalue weighted by Crippen LogP contribution is -2.13. The van der Waals surface area contributed by atoms with E-state index in [0.717, 1.165) is 47.6 Å². The average molecular weight is 462 g/mol. The Morgan fingerprint density at radius 2 is 2.03 bits per heavy atom. The number of rotatable bonds is 9. The summed E-state index contributed by atoms with van der Waals surface area (Å²) >= 11 is 0. The number of hydrogen-bond donors (Lipinski definition) is 0. The van der Waals surface area contributed by atoms with Crippen LogP contribution in [0.5, 0.6) is 0 Å². The van der Waals surface area contributed by atoms with Gasteiger partial charge in [-0.1, -0.05) is 42.8 Å². The van der Waals surface area contributed by atoms with Crippen molar-refractivity contribution >= 4 is 5.97 Å². The molecule has 0 saturated heterocycles. The Bertz CT molecular complexity index is 1130. The summed E-state index contributed by atoms with van der Waals surface area (Å²) in [6, 6.07) is 8.76. The van der Waals surface area contributed by atoms with Gasteiger partial charge in [-0.2, -0.15) is 23.3 Å². The van der Waals surface area contributed by atoms with Crippen molar-refractivity contribution in [2.75, 3.05) is 6.61 Å². The molecule has 1 aliphatic rings. The molecule has 1 saturated carbocycles. The van der Waals surface area contributed by atoms with Crippen LogP contribution >= 0.6 is 0 Å². The third kappa shape index (κ3) is 4.79. The van der Waals surface area contributed by atoms with Gasteiger partial charge < -0.3 is 9.26 Å². The Labute approximate surface area is 188 Å². The van der Waals surface area contributed by atoms with Gasteiger partial charge in [-0.05, 0) is 37.3 Å². The monoisotopic (exact) mass is 462 g/mol. The largest absolute Gasteiger partial charge is 0.466 e. The van der Waals surface area contributed by atoms with Crippen LogP contribution in [0.1, 0.15) is 61.7 Å². The first-order valence-electron chi connectivity index (χ1n) is 11.0. The molecule has 7 nitrogen and oxygen atoms in total. The van der Waals surface area contributed by atoms with E-state index < -0.39 is 23.3 Å². The van der Waals surface area contributed by atoms with Crippen LogP contribution in [-0.2, 0) is 27.7 Å². The van der Waals surface area contributed by atoms with Crippen LogP contribution in [0.25, 0.3) is 11.6 Å². The third-order valence-corrected chi connectivity index (χ3v) is 5.84. The average Bonchev–Trinajstić information content (AvgIpc) is 3.20. The zero-order valence-electron chi connectivity index (χ0n) is 18.5. The summed E-state index contributed by atoms with van der Waals surface area (Å²) in [5, 5.41) is 7.74. The molecule has 0 unspecified atom stereocenters. The second kappa shape index (κ2) is 8.99. The molecule has 2 aromatic heterocycles. The number of carbonyl (C=O) groups is 1. The van der Waals surface area contributed by atoms with Crippen molar-refractivity contribution in [1.82, 2.24) is 19.9 Å². The van der Waals surface area contributed by atoms with E-state index in [2.05, 4.69) is 15.2 Å². The lowest BCUT2D eigenvalue weighted by atomic mass is 9.91. The summed E-state index contributed by atoms with van der Waals surface area (Å²) in [6.45, 7) is 4.15. The van der Waals surface area contributed by atoms with Gasteiger partial charge in [0, 0.05) is 6.07 Å². The second-order valence-corrected chi connectivity index (χ2v) is 8.28. The first-order valence-corrected chi connectivity index (χ1v) is 11.0. The Morgan fingerprint density at radius 1 is 1.27 bits per heavy atom. The lowest BCUT2D eigenvalue weighted by Gasteiger charge is -2.13. The number of halogens is 3. The molecule has 0 spiro atoms. The van der Waals surface area contributed by atoms with Gasteiger partial charge in [0.05, 0.1) is 25.0 Å². The number of carbonyl (C=O) groups excluding carboxylic acids is 1. The van der Waals surface area contributed by atoms with E-state index in [-0.39, 0.29) is 31.2 Å². The highest BCUT2D eigenvalue weighted by molar-refractivity contribution is 5.69. The van der Waals surface area contributed by atoms with Crippen LogP contribution in [0.2, 0.25) is 0 Å². The Kier molecular flexibility index (Phi) is 6.27. The van der Waals surface area contributed by atoms with Crippen LogP contribution in [0.3, 0.4) is 0 Å². The Balaban J connectivity index is 1.60. The number of aryl methyl sites for hydroxylation is 2. The van der Waals surface area contributed by atoms with Crippen LogP contribution in [-0.4, -0.2) is 32.5 Å². The van der Waals surface area contributed by atoms with E-state index in [9.17, 15) is 18.0 Å². The lowest BCUT2D eigenvalue weighted by molar-refractivity contribution is -0.144. The van der Waals surface area contributed by atoms with Crippen LogP contribution in [0.15, 0.2) is 34.9 Å². The maximum atomic E-state index is 13.3. The highest BCUT2D eigenvalue weighted by Crippen LogP contribution is 2.53. The highest BCUT2D eigenvalue weighted by atomic mass is 19.4. The molecule has 176 valence electrons. The summed E-state index contributed by atoms with van der Waals surface area (Å²) in [5.41, 5.74) is 0.706. The normalized spacial score (nSPS) is 14.9. The molecule has 1 aromatic carbocycles. The summed E-state index contributed by atoms with van der Waals surface area (Å²) in [6.07, 6.45) is -1.52. The second-order valence-electron chi connectivity index (χ2n) is 8.28. The van der Waals surface area contributed by atoms with E-state index in [1.807, 2.05) is 38.1 Å². The van der Waals surface area contributed by atoms with E-state index in [4.69, 9.17) is 9.26 Å². The predicted molar refractivity (Wildman–Crippen MR) is 112 cm³/mol. The minimum Gasteiger partial charge on any atom is -0.466 e. The summed E-state index contributed by atoms with van der Waals surface area (Å²) in [7, 11) is 0. The highest BCUT2D eigenvalue weighted by Gasteiger charge is 2.51. The quantitative estimate of drug-likeness (QED) is 0.326. The zero-order chi connectivity index (χ0) is 23.6. The van der Waals surface area contributed by atoms with E-state index in [1.165, 1.54) is 0 Å². The molecule has 0 aliphatic heterocycles. The van der Waals surface area contributed by atoms with Crippen molar-refractivity contribution in [3.63, 3.8) is 0 Å².